The van der Waals surface area contributed by atoms with Crippen LogP contribution in [0.2, 0.25) is 0 Å². The average Bonchev–Trinajstić information content (AvgIpc) is 2.39. The Balaban J connectivity index is 2.28. The van der Waals surface area contributed by atoms with E-state index in [1.165, 1.54) is 12.1 Å². The molecule has 110 valence electrons. The summed E-state index contributed by atoms with van der Waals surface area (Å²) >= 11 is 0. The number of carbonyl (C=O) groups is 2. The molecule has 6 heteroatoms. The molecule has 1 atom stereocenters. The Kier molecular flexibility index (Phi) is 6.49. The third kappa shape index (κ3) is 6.17. The van der Waals surface area contributed by atoms with E-state index >= 15 is 0 Å². The number of carboxylic acid groups (broad SMARTS) is 1. The smallest absolute Gasteiger partial charge is 0.315 e. The molecule has 0 aliphatic heterocycles. The molecule has 0 spiro atoms. The number of hydrogen-bond acceptors (Lipinski definition) is 2. The zero-order chi connectivity index (χ0) is 15.0. The Bertz CT molecular complexity index is 448. The van der Waals surface area contributed by atoms with Gasteiger partial charge < -0.3 is 15.7 Å². The van der Waals surface area contributed by atoms with E-state index in [-0.39, 0.29) is 24.3 Å². The summed E-state index contributed by atoms with van der Waals surface area (Å²) in [6, 6.07) is 5.30. The number of aliphatic carboxylic acids is 1. The number of hydrogen-bond donors (Lipinski definition) is 3. The third-order valence-electron chi connectivity index (χ3n) is 2.86. The van der Waals surface area contributed by atoms with Crippen LogP contribution in [0.15, 0.2) is 24.3 Å². The number of halogens is 1. The lowest BCUT2D eigenvalue weighted by molar-refractivity contribution is -0.137. The van der Waals surface area contributed by atoms with Crippen molar-refractivity contribution in [3.05, 3.63) is 35.6 Å². The number of nitrogens with one attached hydrogen (secondary N) is 2. The Labute approximate surface area is 117 Å². The first-order valence-electron chi connectivity index (χ1n) is 6.52. The van der Waals surface area contributed by atoms with Crippen molar-refractivity contribution in [1.29, 1.82) is 0 Å². The third-order valence-corrected chi connectivity index (χ3v) is 2.86. The van der Waals surface area contributed by atoms with E-state index in [1.54, 1.807) is 12.1 Å². The molecule has 1 aromatic carbocycles. The molecule has 1 unspecified atom stereocenters. The summed E-state index contributed by atoms with van der Waals surface area (Å²) in [5.41, 5.74) is 0.921. The van der Waals surface area contributed by atoms with Gasteiger partial charge in [0.1, 0.15) is 5.82 Å². The first-order valence-corrected chi connectivity index (χ1v) is 6.52. The van der Waals surface area contributed by atoms with Gasteiger partial charge in [0, 0.05) is 12.6 Å². The standard InChI is InChI=1S/C14H19FN2O3/c1-2-12(9-13(18)19)17-14(20)16-8-7-10-3-5-11(15)6-4-10/h3-6,12H,2,7-9H2,1H3,(H,18,19)(H2,16,17,20). The fourth-order valence-corrected chi connectivity index (χ4v) is 1.72. The van der Waals surface area contributed by atoms with Crippen LogP contribution in [0, 0.1) is 5.82 Å². The van der Waals surface area contributed by atoms with Gasteiger partial charge in [-0.15, -0.1) is 0 Å². The highest BCUT2D eigenvalue weighted by Gasteiger charge is 2.13. The molecule has 3 N–H and O–H groups in total. The number of rotatable bonds is 7. The molecule has 0 aromatic heterocycles. The van der Waals surface area contributed by atoms with Crippen molar-refractivity contribution in [2.24, 2.45) is 0 Å². The maximum absolute atomic E-state index is 12.7. The molecule has 1 rings (SSSR count). The molecule has 2 amide bonds. The molecule has 0 saturated heterocycles. The van der Waals surface area contributed by atoms with Crippen LogP contribution in [0.5, 0.6) is 0 Å². The summed E-state index contributed by atoms with van der Waals surface area (Å²) in [7, 11) is 0. The summed E-state index contributed by atoms with van der Waals surface area (Å²) in [5, 5.41) is 13.9. The Morgan fingerprint density at radius 1 is 1.30 bits per heavy atom. The summed E-state index contributed by atoms with van der Waals surface area (Å²) in [6.07, 6.45) is 1.04. The molecule has 20 heavy (non-hydrogen) atoms. The Morgan fingerprint density at radius 3 is 2.50 bits per heavy atom. The second-order valence-corrected chi connectivity index (χ2v) is 4.48. The first kappa shape index (κ1) is 15.9. The number of carboxylic acids is 1. The van der Waals surface area contributed by atoms with Gasteiger partial charge in [0.05, 0.1) is 6.42 Å². The molecular weight excluding hydrogens is 263 g/mol. The highest BCUT2D eigenvalue weighted by Crippen LogP contribution is 2.02. The molecule has 0 bridgehead atoms. The van der Waals surface area contributed by atoms with E-state index in [0.717, 1.165) is 5.56 Å². The molecule has 0 saturated carbocycles. The van der Waals surface area contributed by atoms with Crippen LogP contribution in [-0.4, -0.2) is 29.7 Å². The predicted octanol–water partition coefficient (Wildman–Crippen LogP) is 1.92. The van der Waals surface area contributed by atoms with Gasteiger partial charge >= 0.3 is 12.0 Å². The maximum Gasteiger partial charge on any atom is 0.315 e. The molecule has 0 aliphatic carbocycles. The molecule has 0 fully saturated rings. The SMILES string of the molecule is CCC(CC(=O)O)NC(=O)NCCc1ccc(F)cc1. The largest absolute Gasteiger partial charge is 0.481 e. The predicted molar refractivity (Wildman–Crippen MR) is 73.0 cm³/mol. The van der Waals surface area contributed by atoms with Gasteiger partial charge in [0.25, 0.3) is 0 Å². The van der Waals surface area contributed by atoms with Gasteiger partial charge in [-0.1, -0.05) is 19.1 Å². The lowest BCUT2D eigenvalue weighted by atomic mass is 10.1. The van der Waals surface area contributed by atoms with Crippen molar-refractivity contribution in [1.82, 2.24) is 10.6 Å². The normalized spacial score (nSPS) is 11.7. The minimum atomic E-state index is -0.941. The molecule has 0 heterocycles. The molecule has 5 nitrogen and oxygen atoms in total. The lowest BCUT2D eigenvalue weighted by Gasteiger charge is -2.15. The van der Waals surface area contributed by atoms with Crippen LogP contribution in [0.1, 0.15) is 25.3 Å². The van der Waals surface area contributed by atoms with Crippen molar-refractivity contribution in [3.63, 3.8) is 0 Å². The lowest BCUT2D eigenvalue weighted by Crippen LogP contribution is -2.43. The van der Waals surface area contributed by atoms with Crippen LogP contribution < -0.4 is 10.6 Å². The van der Waals surface area contributed by atoms with Crippen molar-refractivity contribution >= 4 is 12.0 Å². The van der Waals surface area contributed by atoms with Crippen LogP contribution >= 0.6 is 0 Å². The zero-order valence-corrected chi connectivity index (χ0v) is 11.4. The molecule has 0 radical (unpaired) electrons. The van der Waals surface area contributed by atoms with Crippen molar-refractivity contribution in [2.75, 3.05) is 6.54 Å². The maximum atomic E-state index is 12.7. The first-order chi connectivity index (χ1) is 9.51. The van der Waals surface area contributed by atoms with Crippen LogP contribution in [0.3, 0.4) is 0 Å². The average molecular weight is 282 g/mol. The number of amides is 2. The second kappa shape index (κ2) is 8.14. The summed E-state index contributed by atoms with van der Waals surface area (Å²) in [6.45, 7) is 2.22. The van der Waals surface area contributed by atoms with E-state index in [9.17, 15) is 14.0 Å². The molecule has 1 aromatic rings. The molecule has 0 aliphatic rings. The second-order valence-electron chi connectivity index (χ2n) is 4.48. The van der Waals surface area contributed by atoms with Crippen LogP contribution in [-0.2, 0) is 11.2 Å². The number of urea groups is 1. The van der Waals surface area contributed by atoms with Gasteiger partial charge in [0.2, 0.25) is 0 Å². The number of benzene rings is 1. The quantitative estimate of drug-likeness (QED) is 0.715. The minimum absolute atomic E-state index is 0.0954. The number of carbonyl (C=O) groups excluding carboxylic acids is 1. The van der Waals surface area contributed by atoms with E-state index in [0.29, 0.717) is 19.4 Å². The van der Waals surface area contributed by atoms with Gasteiger partial charge in [-0.2, -0.15) is 0 Å². The van der Waals surface area contributed by atoms with E-state index < -0.39 is 5.97 Å². The fraction of sp³-hybridized carbons (Fsp3) is 0.429. The summed E-state index contributed by atoms with van der Waals surface area (Å²) < 4.78 is 12.7. The van der Waals surface area contributed by atoms with Gasteiger partial charge in [0.15, 0.2) is 0 Å². The van der Waals surface area contributed by atoms with Crippen molar-refractivity contribution < 1.29 is 19.1 Å². The summed E-state index contributed by atoms with van der Waals surface area (Å²) in [4.78, 5) is 22.1. The van der Waals surface area contributed by atoms with E-state index in [4.69, 9.17) is 5.11 Å². The highest BCUT2D eigenvalue weighted by molar-refractivity contribution is 5.75. The van der Waals surface area contributed by atoms with E-state index in [2.05, 4.69) is 10.6 Å². The van der Waals surface area contributed by atoms with Crippen LogP contribution in [0.25, 0.3) is 0 Å². The van der Waals surface area contributed by atoms with Gasteiger partial charge in [-0.05, 0) is 30.5 Å². The van der Waals surface area contributed by atoms with E-state index in [1.807, 2.05) is 6.92 Å². The zero-order valence-electron chi connectivity index (χ0n) is 11.4. The van der Waals surface area contributed by atoms with Gasteiger partial charge in [-0.25, -0.2) is 9.18 Å². The van der Waals surface area contributed by atoms with Crippen LogP contribution in [0.4, 0.5) is 9.18 Å². The topological polar surface area (TPSA) is 78.4 Å². The fourth-order valence-electron chi connectivity index (χ4n) is 1.72. The van der Waals surface area contributed by atoms with Crippen molar-refractivity contribution in [2.45, 2.75) is 32.2 Å². The minimum Gasteiger partial charge on any atom is -0.481 e. The monoisotopic (exact) mass is 282 g/mol. The highest BCUT2D eigenvalue weighted by atomic mass is 19.1. The molecular formula is C14H19FN2O3. The Morgan fingerprint density at radius 2 is 1.95 bits per heavy atom. The Hall–Kier alpha value is -2.11. The van der Waals surface area contributed by atoms with Gasteiger partial charge in [-0.3, -0.25) is 4.79 Å². The van der Waals surface area contributed by atoms with Crippen molar-refractivity contribution in [3.8, 4) is 0 Å². The summed E-state index contributed by atoms with van der Waals surface area (Å²) in [5.74, 6) is -1.23.